The molecule has 0 spiro atoms. The van der Waals surface area contributed by atoms with Gasteiger partial charge in [-0.2, -0.15) is 0 Å². The third kappa shape index (κ3) is 6.15. The third-order valence-electron chi connectivity index (χ3n) is 4.53. The van der Waals surface area contributed by atoms with Crippen LogP contribution in [0.1, 0.15) is 51.9 Å². The van der Waals surface area contributed by atoms with Crippen LogP contribution in [0.3, 0.4) is 0 Å². The van der Waals surface area contributed by atoms with Gasteiger partial charge in [0.25, 0.3) is 0 Å². The minimum atomic E-state index is -0.867. The Hall–Kier alpha value is -1.56. The Morgan fingerprint density at radius 2 is 2.04 bits per heavy atom. The van der Waals surface area contributed by atoms with Gasteiger partial charge < -0.3 is 10.4 Å². The molecule has 0 bridgehead atoms. The lowest BCUT2D eigenvalue weighted by atomic mass is 9.79. The molecule has 1 aromatic heterocycles. The number of carboxylic acid groups (broad SMARTS) is 1. The summed E-state index contributed by atoms with van der Waals surface area (Å²) in [5.74, 6) is 0.0931. The summed E-state index contributed by atoms with van der Waals surface area (Å²) in [5.41, 5.74) is 0.674. The van der Waals surface area contributed by atoms with E-state index >= 15 is 0 Å². The Morgan fingerprint density at radius 3 is 2.62 bits per heavy atom. The van der Waals surface area contributed by atoms with E-state index in [1.807, 2.05) is 0 Å². The normalized spacial score (nSPS) is 20.5. The van der Waals surface area contributed by atoms with Crippen LogP contribution in [0.2, 0.25) is 0 Å². The second kappa shape index (κ2) is 9.67. The zero-order chi connectivity index (χ0) is 17.4. The van der Waals surface area contributed by atoms with Gasteiger partial charge in [-0.25, -0.2) is 4.98 Å². The number of pyridine rings is 1. The molecule has 0 saturated heterocycles. The average Bonchev–Trinajstić information content (AvgIpc) is 2.59. The fourth-order valence-corrected chi connectivity index (χ4v) is 3.69. The first kappa shape index (κ1) is 18.8. The molecule has 6 heteroatoms. The second-order valence-electron chi connectivity index (χ2n) is 6.42. The van der Waals surface area contributed by atoms with Gasteiger partial charge in [0.1, 0.15) is 0 Å². The maximum atomic E-state index is 12.4. The van der Waals surface area contributed by atoms with Gasteiger partial charge in [0.05, 0.1) is 22.7 Å². The lowest BCUT2D eigenvalue weighted by Crippen LogP contribution is -2.27. The Labute approximate surface area is 147 Å². The summed E-state index contributed by atoms with van der Waals surface area (Å²) in [6.07, 6.45) is 9.68. The van der Waals surface area contributed by atoms with Crippen molar-refractivity contribution in [3.63, 3.8) is 0 Å². The van der Waals surface area contributed by atoms with Crippen LogP contribution in [0.4, 0.5) is 5.69 Å². The molecule has 1 aliphatic carbocycles. The molecule has 1 saturated carbocycles. The van der Waals surface area contributed by atoms with Gasteiger partial charge in [-0.15, -0.1) is 0 Å². The van der Waals surface area contributed by atoms with E-state index in [-0.39, 0.29) is 17.6 Å². The van der Waals surface area contributed by atoms with Crippen molar-refractivity contribution in [3.05, 3.63) is 18.3 Å². The van der Waals surface area contributed by atoms with Crippen molar-refractivity contribution in [2.45, 2.75) is 56.9 Å². The number of nitrogens with one attached hydrogen (secondary N) is 1. The highest BCUT2D eigenvalue weighted by molar-refractivity contribution is 7.99. The summed E-state index contributed by atoms with van der Waals surface area (Å²) in [4.78, 5) is 27.1. The number of aliphatic carboxylic acids is 1. The standard InChI is InChI=1S/C18H26N2O3S/c1-2-3-4-13-5-7-14(8-6-13)18(23)20-15-9-10-16(19-11-15)24-12-17(21)22/h9-11,13-14H,2-8,12H2,1H3,(H,20,23)(H,21,22). The Balaban J connectivity index is 1.77. The molecule has 0 atom stereocenters. The van der Waals surface area contributed by atoms with E-state index in [2.05, 4.69) is 17.2 Å². The van der Waals surface area contributed by atoms with E-state index in [0.717, 1.165) is 31.6 Å². The summed E-state index contributed by atoms with van der Waals surface area (Å²) in [6, 6.07) is 3.52. The van der Waals surface area contributed by atoms with Crippen LogP contribution in [-0.4, -0.2) is 27.7 Å². The second-order valence-corrected chi connectivity index (χ2v) is 7.41. The van der Waals surface area contributed by atoms with Gasteiger partial charge in [-0.3, -0.25) is 9.59 Å². The molecule has 0 unspecified atom stereocenters. The number of carboxylic acids is 1. The predicted molar refractivity (Wildman–Crippen MR) is 96.2 cm³/mol. The van der Waals surface area contributed by atoms with Crippen molar-refractivity contribution >= 4 is 29.3 Å². The quantitative estimate of drug-likeness (QED) is 0.687. The highest BCUT2D eigenvalue weighted by Crippen LogP contribution is 2.32. The number of hydrogen-bond donors (Lipinski definition) is 2. The van der Waals surface area contributed by atoms with Gasteiger partial charge in [0.2, 0.25) is 5.91 Å². The highest BCUT2D eigenvalue weighted by Gasteiger charge is 2.26. The molecule has 132 valence electrons. The summed E-state index contributed by atoms with van der Waals surface area (Å²) >= 11 is 1.17. The van der Waals surface area contributed by atoms with Gasteiger partial charge in [0, 0.05) is 5.92 Å². The van der Waals surface area contributed by atoms with Crippen LogP contribution >= 0.6 is 11.8 Å². The van der Waals surface area contributed by atoms with Gasteiger partial charge in [-0.05, 0) is 43.7 Å². The Kier molecular flexibility index (Phi) is 7.56. The Bertz CT molecular complexity index is 540. The fourth-order valence-electron chi connectivity index (χ4n) is 3.13. The number of thioether (sulfide) groups is 1. The van der Waals surface area contributed by atoms with Gasteiger partial charge >= 0.3 is 5.97 Å². The SMILES string of the molecule is CCCCC1CCC(C(=O)Nc2ccc(SCC(=O)O)nc2)CC1. The summed E-state index contributed by atoms with van der Waals surface area (Å²) in [6.45, 7) is 2.22. The average molecular weight is 350 g/mol. The molecule has 0 radical (unpaired) electrons. The molecule has 2 N–H and O–H groups in total. The van der Waals surface area contributed by atoms with Crippen LogP contribution in [0.25, 0.3) is 0 Å². The lowest BCUT2D eigenvalue weighted by Gasteiger charge is -2.27. The molecule has 1 aromatic rings. The fraction of sp³-hybridized carbons (Fsp3) is 0.611. The summed E-state index contributed by atoms with van der Waals surface area (Å²) in [5, 5.41) is 12.2. The van der Waals surface area contributed by atoms with E-state index in [4.69, 9.17) is 5.11 Å². The molecule has 1 amide bonds. The number of unbranched alkanes of at least 4 members (excludes halogenated alkanes) is 1. The van der Waals surface area contributed by atoms with Crippen LogP contribution in [0.15, 0.2) is 23.4 Å². The lowest BCUT2D eigenvalue weighted by molar-refractivity contribution is -0.134. The number of amides is 1. The number of rotatable bonds is 8. The maximum absolute atomic E-state index is 12.4. The Morgan fingerprint density at radius 1 is 1.29 bits per heavy atom. The van der Waals surface area contributed by atoms with Crippen molar-refractivity contribution in [2.24, 2.45) is 11.8 Å². The first-order chi connectivity index (χ1) is 11.6. The number of hydrogen-bond acceptors (Lipinski definition) is 4. The summed E-state index contributed by atoms with van der Waals surface area (Å²) < 4.78 is 0. The largest absolute Gasteiger partial charge is 0.481 e. The number of aromatic nitrogens is 1. The third-order valence-corrected chi connectivity index (χ3v) is 5.46. The molecular weight excluding hydrogens is 324 g/mol. The first-order valence-electron chi connectivity index (χ1n) is 8.70. The van der Waals surface area contributed by atoms with E-state index in [0.29, 0.717) is 10.7 Å². The summed E-state index contributed by atoms with van der Waals surface area (Å²) in [7, 11) is 0. The van der Waals surface area contributed by atoms with Crippen LogP contribution in [0.5, 0.6) is 0 Å². The van der Waals surface area contributed by atoms with Crippen LogP contribution in [-0.2, 0) is 9.59 Å². The molecule has 0 aliphatic heterocycles. The van der Waals surface area contributed by atoms with Crippen LogP contribution in [0, 0.1) is 11.8 Å². The predicted octanol–water partition coefficient (Wildman–Crippen LogP) is 4.19. The molecule has 5 nitrogen and oxygen atoms in total. The minimum absolute atomic E-state index is 0.0139. The van der Waals surface area contributed by atoms with E-state index in [1.54, 1.807) is 18.3 Å². The maximum Gasteiger partial charge on any atom is 0.313 e. The number of carbonyl (C=O) groups excluding carboxylic acids is 1. The van der Waals surface area contributed by atoms with Crippen molar-refractivity contribution in [3.8, 4) is 0 Å². The molecule has 24 heavy (non-hydrogen) atoms. The molecular formula is C18H26N2O3S. The van der Waals surface area contributed by atoms with Crippen molar-refractivity contribution in [1.29, 1.82) is 0 Å². The minimum Gasteiger partial charge on any atom is -0.481 e. The zero-order valence-corrected chi connectivity index (χ0v) is 15.0. The number of carbonyl (C=O) groups is 2. The zero-order valence-electron chi connectivity index (χ0n) is 14.2. The van der Waals surface area contributed by atoms with E-state index in [9.17, 15) is 9.59 Å². The van der Waals surface area contributed by atoms with Gasteiger partial charge in [0.15, 0.2) is 0 Å². The van der Waals surface area contributed by atoms with Gasteiger partial charge in [-0.1, -0.05) is 37.9 Å². The van der Waals surface area contributed by atoms with Crippen molar-refractivity contribution in [1.82, 2.24) is 4.98 Å². The van der Waals surface area contributed by atoms with E-state index < -0.39 is 5.97 Å². The number of anilines is 1. The first-order valence-corrected chi connectivity index (χ1v) is 9.68. The smallest absolute Gasteiger partial charge is 0.313 e. The topological polar surface area (TPSA) is 79.3 Å². The molecule has 0 aromatic carbocycles. The molecule has 2 rings (SSSR count). The molecule has 1 heterocycles. The van der Waals surface area contributed by atoms with Crippen LogP contribution < -0.4 is 5.32 Å². The van der Waals surface area contributed by atoms with Crippen molar-refractivity contribution in [2.75, 3.05) is 11.1 Å². The highest BCUT2D eigenvalue weighted by atomic mass is 32.2. The molecule has 1 fully saturated rings. The van der Waals surface area contributed by atoms with Crippen molar-refractivity contribution < 1.29 is 14.7 Å². The number of nitrogens with zero attached hydrogens (tertiary/aromatic N) is 1. The monoisotopic (exact) mass is 350 g/mol. The molecule has 1 aliphatic rings. The van der Waals surface area contributed by atoms with E-state index in [1.165, 1.54) is 31.0 Å².